The first-order valence-electron chi connectivity index (χ1n) is 7.25. The summed E-state index contributed by atoms with van der Waals surface area (Å²) in [6, 6.07) is 17.2. The van der Waals surface area contributed by atoms with Crippen molar-refractivity contribution in [3.05, 3.63) is 71.3 Å². The highest BCUT2D eigenvalue weighted by molar-refractivity contribution is 5.95. The van der Waals surface area contributed by atoms with Crippen molar-refractivity contribution < 1.29 is 9.59 Å². The molecule has 2 rings (SSSR count). The van der Waals surface area contributed by atoms with E-state index in [1.165, 1.54) is 0 Å². The van der Waals surface area contributed by atoms with Crippen LogP contribution in [0.1, 0.15) is 27.9 Å². The Balaban J connectivity index is 2.21. The fourth-order valence-electron chi connectivity index (χ4n) is 2.28. The van der Waals surface area contributed by atoms with Crippen LogP contribution in [0.2, 0.25) is 0 Å². The van der Waals surface area contributed by atoms with Crippen molar-refractivity contribution >= 4 is 11.8 Å². The lowest BCUT2D eigenvalue weighted by atomic mass is 10.1. The van der Waals surface area contributed by atoms with Gasteiger partial charge in [-0.15, -0.1) is 0 Å². The summed E-state index contributed by atoms with van der Waals surface area (Å²) >= 11 is 0. The van der Waals surface area contributed by atoms with Crippen molar-refractivity contribution in [3.8, 4) is 0 Å². The average Bonchev–Trinajstić information content (AvgIpc) is 2.52. The number of nitrogens with zero attached hydrogens (tertiary/aromatic N) is 1. The normalized spacial score (nSPS) is 10.2. The van der Waals surface area contributed by atoms with Crippen molar-refractivity contribution in [1.29, 1.82) is 0 Å². The Morgan fingerprint density at radius 3 is 2.27 bits per heavy atom. The molecule has 4 nitrogen and oxygen atoms in total. The van der Waals surface area contributed by atoms with Gasteiger partial charge in [-0.1, -0.05) is 48.5 Å². The van der Waals surface area contributed by atoms with E-state index in [-0.39, 0.29) is 12.3 Å². The number of primary amides is 1. The number of benzene rings is 2. The third kappa shape index (κ3) is 4.19. The van der Waals surface area contributed by atoms with Gasteiger partial charge in [0.25, 0.3) is 5.91 Å². The van der Waals surface area contributed by atoms with Crippen LogP contribution in [0.3, 0.4) is 0 Å². The molecule has 0 aliphatic carbocycles. The maximum atomic E-state index is 12.8. The van der Waals surface area contributed by atoms with Crippen LogP contribution in [0.15, 0.2) is 54.6 Å². The summed E-state index contributed by atoms with van der Waals surface area (Å²) in [5.41, 5.74) is 7.82. The summed E-state index contributed by atoms with van der Waals surface area (Å²) in [7, 11) is 0. The van der Waals surface area contributed by atoms with Crippen LogP contribution >= 0.6 is 0 Å². The van der Waals surface area contributed by atoms with Crippen LogP contribution < -0.4 is 5.73 Å². The molecule has 0 aliphatic rings. The Morgan fingerprint density at radius 2 is 1.64 bits per heavy atom. The monoisotopic (exact) mass is 296 g/mol. The summed E-state index contributed by atoms with van der Waals surface area (Å²) in [6.07, 6.45) is 0.157. The van der Waals surface area contributed by atoms with E-state index in [1.54, 1.807) is 11.0 Å². The molecular weight excluding hydrogens is 276 g/mol. The van der Waals surface area contributed by atoms with E-state index in [9.17, 15) is 9.59 Å². The van der Waals surface area contributed by atoms with E-state index in [0.29, 0.717) is 18.7 Å². The Kier molecular flexibility index (Phi) is 5.31. The second kappa shape index (κ2) is 7.41. The van der Waals surface area contributed by atoms with Crippen molar-refractivity contribution in [2.45, 2.75) is 19.9 Å². The zero-order valence-electron chi connectivity index (χ0n) is 12.7. The molecule has 0 aliphatic heterocycles. The highest BCUT2D eigenvalue weighted by atomic mass is 16.2. The van der Waals surface area contributed by atoms with Crippen LogP contribution in [-0.4, -0.2) is 23.3 Å². The number of hydrogen-bond acceptors (Lipinski definition) is 2. The minimum Gasteiger partial charge on any atom is -0.370 e. The van der Waals surface area contributed by atoms with Gasteiger partial charge in [0.05, 0.1) is 0 Å². The van der Waals surface area contributed by atoms with Gasteiger partial charge in [-0.2, -0.15) is 0 Å². The second-order valence-corrected chi connectivity index (χ2v) is 5.24. The number of amides is 2. The van der Waals surface area contributed by atoms with Crippen LogP contribution in [0.4, 0.5) is 0 Å². The average molecular weight is 296 g/mol. The molecule has 0 bridgehead atoms. The lowest BCUT2D eigenvalue weighted by Crippen LogP contribution is -2.34. The Labute approximate surface area is 130 Å². The summed E-state index contributed by atoms with van der Waals surface area (Å²) < 4.78 is 0. The lowest BCUT2D eigenvalue weighted by molar-refractivity contribution is -0.118. The highest BCUT2D eigenvalue weighted by Gasteiger charge is 2.18. The van der Waals surface area contributed by atoms with Gasteiger partial charge < -0.3 is 10.6 Å². The molecule has 0 unspecified atom stereocenters. The quantitative estimate of drug-likeness (QED) is 0.890. The largest absolute Gasteiger partial charge is 0.370 e. The fraction of sp³-hybridized carbons (Fsp3) is 0.222. The van der Waals surface area contributed by atoms with E-state index >= 15 is 0 Å². The van der Waals surface area contributed by atoms with E-state index in [1.807, 2.05) is 55.5 Å². The zero-order chi connectivity index (χ0) is 15.9. The predicted molar refractivity (Wildman–Crippen MR) is 86.2 cm³/mol. The van der Waals surface area contributed by atoms with Crippen LogP contribution in [0.25, 0.3) is 0 Å². The van der Waals surface area contributed by atoms with E-state index in [2.05, 4.69) is 0 Å². The summed E-state index contributed by atoms with van der Waals surface area (Å²) in [4.78, 5) is 25.5. The first-order valence-corrected chi connectivity index (χ1v) is 7.25. The number of carbonyl (C=O) groups excluding carboxylic acids is 2. The molecule has 0 spiro atoms. The summed E-state index contributed by atoms with van der Waals surface area (Å²) in [6.45, 7) is 2.68. The number of rotatable bonds is 6. The van der Waals surface area contributed by atoms with Gasteiger partial charge in [-0.3, -0.25) is 9.59 Å². The molecule has 0 atom stereocenters. The van der Waals surface area contributed by atoms with Gasteiger partial charge in [0, 0.05) is 25.1 Å². The zero-order valence-corrected chi connectivity index (χ0v) is 12.7. The molecule has 0 saturated heterocycles. The standard InChI is InChI=1S/C18H20N2O2/c1-14-7-5-6-10-16(14)18(22)20(12-11-17(19)21)13-15-8-3-2-4-9-15/h2-10H,11-13H2,1H3,(H2,19,21). The molecular formula is C18H20N2O2. The van der Waals surface area contributed by atoms with Gasteiger partial charge in [0.1, 0.15) is 0 Å². The van der Waals surface area contributed by atoms with Crippen molar-refractivity contribution in [1.82, 2.24) is 4.90 Å². The molecule has 2 amide bonds. The second-order valence-electron chi connectivity index (χ2n) is 5.24. The molecule has 2 aromatic carbocycles. The first-order chi connectivity index (χ1) is 10.6. The van der Waals surface area contributed by atoms with E-state index < -0.39 is 5.91 Å². The maximum Gasteiger partial charge on any atom is 0.254 e. The number of nitrogens with two attached hydrogens (primary N) is 1. The molecule has 0 heterocycles. The molecule has 0 radical (unpaired) electrons. The predicted octanol–water partition coefficient (Wildman–Crippen LogP) is 2.51. The van der Waals surface area contributed by atoms with Gasteiger partial charge in [-0.05, 0) is 24.1 Å². The molecule has 114 valence electrons. The van der Waals surface area contributed by atoms with Crippen LogP contribution in [-0.2, 0) is 11.3 Å². The molecule has 0 saturated carbocycles. The van der Waals surface area contributed by atoms with E-state index in [0.717, 1.165) is 11.1 Å². The van der Waals surface area contributed by atoms with Gasteiger partial charge in [-0.25, -0.2) is 0 Å². The number of hydrogen-bond donors (Lipinski definition) is 1. The molecule has 2 aromatic rings. The fourth-order valence-corrected chi connectivity index (χ4v) is 2.28. The number of carbonyl (C=O) groups is 2. The summed E-state index contributed by atoms with van der Waals surface area (Å²) in [5.74, 6) is -0.487. The molecule has 4 heteroatoms. The van der Waals surface area contributed by atoms with Crippen molar-refractivity contribution in [3.63, 3.8) is 0 Å². The van der Waals surface area contributed by atoms with Gasteiger partial charge in [0.2, 0.25) is 5.91 Å². The third-order valence-electron chi connectivity index (χ3n) is 3.51. The molecule has 2 N–H and O–H groups in total. The van der Waals surface area contributed by atoms with E-state index in [4.69, 9.17) is 5.73 Å². The third-order valence-corrected chi connectivity index (χ3v) is 3.51. The maximum absolute atomic E-state index is 12.8. The van der Waals surface area contributed by atoms with Crippen LogP contribution in [0, 0.1) is 6.92 Å². The minimum atomic E-state index is -0.407. The molecule has 0 fully saturated rings. The molecule has 0 aromatic heterocycles. The topological polar surface area (TPSA) is 63.4 Å². The van der Waals surface area contributed by atoms with Crippen molar-refractivity contribution in [2.24, 2.45) is 5.73 Å². The molecule has 22 heavy (non-hydrogen) atoms. The summed E-state index contributed by atoms with van der Waals surface area (Å²) in [5, 5.41) is 0. The van der Waals surface area contributed by atoms with Crippen molar-refractivity contribution in [2.75, 3.05) is 6.54 Å². The Morgan fingerprint density at radius 1 is 1.00 bits per heavy atom. The highest BCUT2D eigenvalue weighted by Crippen LogP contribution is 2.14. The number of aryl methyl sites for hydroxylation is 1. The first kappa shape index (κ1) is 15.8. The van der Waals surface area contributed by atoms with Crippen LogP contribution in [0.5, 0.6) is 0 Å². The Hall–Kier alpha value is -2.62. The van der Waals surface area contributed by atoms with Gasteiger partial charge >= 0.3 is 0 Å². The Bertz CT molecular complexity index is 653. The SMILES string of the molecule is Cc1ccccc1C(=O)N(CCC(N)=O)Cc1ccccc1. The lowest BCUT2D eigenvalue weighted by Gasteiger charge is -2.23. The van der Waals surface area contributed by atoms with Gasteiger partial charge in [0.15, 0.2) is 0 Å². The minimum absolute atomic E-state index is 0.0804. The smallest absolute Gasteiger partial charge is 0.254 e.